The number of hydrogen-bond acceptors (Lipinski definition) is 3. The van der Waals surface area contributed by atoms with E-state index >= 15 is 0 Å². The van der Waals surface area contributed by atoms with E-state index in [2.05, 4.69) is 32.9 Å². The third kappa shape index (κ3) is 2.47. The smallest absolute Gasteiger partial charge is 0.139 e. The molecule has 0 aliphatic rings. The Morgan fingerprint density at radius 1 is 1.50 bits per heavy atom. The van der Waals surface area contributed by atoms with Gasteiger partial charge in [0, 0.05) is 12.7 Å². The van der Waals surface area contributed by atoms with Crippen molar-refractivity contribution in [2.24, 2.45) is 0 Å². The number of aliphatic hydroxyl groups excluding tert-OH is 1. The molecule has 0 aliphatic heterocycles. The topological polar surface area (TPSA) is 50.9 Å². The predicted octanol–water partition coefficient (Wildman–Crippen LogP) is 2.84. The molecule has 2 aromatic rings. The summed E-state index contributed by atoms with van der Waals surface area (Å²) in [4.78, 5) is 4.26. The number of nitrogens with zero attached hydrogens (tertiary/aromatic N) is 3. The largest absolute Gasteiger partial charge is 0.380 e. The van der Waals surface area contributed by atoms with Crippen molar-refractivity contribution in [3.8, 4) is 0 Å². The van der Waals surface area contributed by atoms with Gasteiger partial charge in [-0.05, 0) is 40.9 Å². The van der Waals surface area contributed by atoms with Gasteiger partial charge in [-0.15, -0.1) is 0 Å². The summed E-state index contributed by atoms with van der Waals surface area (Å²) in [6.07, 6.45) is 3.62. The Morgan fingerprint density at radius 3 is 2.94 bits per heavy atom. The molecule has 0 fully saturated rings. The monoisotopic (exact) mass is 309 g/mol. The van der Waals surface area contributed by atoms with Crippen molar-refractivity contribution < 1.29 is 5.11 Å². The number of hydrogen-bond donors (Lipinski definition) is 1. The molecule has 0 bridgehead atoms. The minimum Gasteiger partial charge on any atom is -0.380 e. The van der Waals surface area contributed by atoms with Crippen LogP contribution in [0.5, 0.6) is 0 Å². The highest BCUT2D eigenvalue weighted by Crippen LogP contribution is 2.29. The fourth-order valence-corrected chi connectivity index (χ4v) is 2.46. The fourth-order valence-electron chi connectivity index (χ4n) is 1.95. The number of pyridine rings is 1. The summed E-state index contributed by atoms with van der Waals surface area (Å²) in [5.41, 5.74) is 2.41. The molecule has 1 N–H and O–H groups in total. The van der Waals surface area contributed by atoms with Gasteiger partial charge in [-0.25, -0.2) is 0 Å². The Balaban J connectivity index is 2.42. The van der Waals surface area contributed by atoms with E-state index in [4.69, 9.17) is 0 Å². The zero-order valence-corrected chi connectivity index (χ0v) is 12.1. The molecule has 18 heavy (non-hydrogen) atoms. The Kier molecular flexibility index (Phi) is 4.14. The summed E-state index contributed by atoms with van der Waals surface area (Å²) < 4.78 is 2.64. The molecular formula is C13H16BrN3O. The number of halogens is 1. The molecule has 0 saturated carbocycles. The van der Waals surface area contributed by atoms with E-state index in [-0.39, 0.29) is 0 Å². The van der Waals surface area contributed by atoms with Gasteiger partial charge in [0.15, 0.2) is 0 Å². The molecule has 0 saturated heterocycles. The van der Waals surface area contributed by atoms with Crippen LogP contribution in [0, 0.1) is 6.92 Å². The quantitative estimate of drug-likeness (QED) is 0.945. The third-order valence-corrected chi connectivity index (χ3v) is 3.45. The minimum absolute atomic E-state index is 0.677. The van der Waals surface area contributed by atoms with Crippen molar-refractivity contribution in [3.05, 3.63) is 46.0 Å². The van der Waals surface area contributed by atoms with Crippen molar-refractivity contribution in [2.75, 3.05) is 0 Å². The van der Waals surface area contributed by atoms with Crippen molar-refractivity contribution >= 4 is 15.9 Å². The highest BCUT2D eigenvalue weighted by molar-refractivity contribution is 9.10. The van der Waals surface area contributed by atoms with Gasteiger partial charge < -0.3 is 5.11 Å². The molecule has 0 aliphatic carbocycles. The van der Waals surface area contributed by atoms with Crippen LogP contribution in [0.1, 0.15) is 36.4 Å². The number of aliphatic hydroxyl groups is 1. The maximum absolute atomic E-state index is 10.5. The summed E-state index contributed by atoms with van der Waals surface area (Å²) in [6, 6.07) is 3.81. The lowest BCUT2D eigenvalue weighted by Crippen LogP contribution is -2.12. The zero-order valence-electron chi connectivity index (χ0n) is 10.5. The summed E-state index contributed by atoms with van der Waals surface area (Å²) in [5, 5.41) is 14.8. The van der Waals surface area contributed by atoms with Crippen molar-refractivity contribution in [2.45, 2.75) is 32.9 Å². The molecule has 4 nitrogen and oxygen atoms in total. The van der Waals surface area contributed by atoms with E-state index in [1.807, 2.05) is 23.7 Å². The minimum atomic E-state index is -0.755. The van der Waals surface area contributed by atoms with Gasteiger partial charge in [-0.1, -0.05) is 13.0 Å². The second-order valence-corrected chi connectivity index (χ2v) is 5.06. The zero-order chi connectivity index (χ0) is 13.1. The molecule has 0 aromatic carbocycles. The van der Waals surface area contributed by atoms with Gasteiger partial charge in [-0.2, -0.15) is 5.10 Å². The Hall–Kier alpha value is -1.20. The van der Waals surface area contributed by atoms with Gasteiger partial charge >= 0.3 is 0 Å². The molecule has 1 unspecified atom stereocenters. The van der Waals surface area contributed by atoms with Gasteiger partial charge in [0.25, 0.3) is 0 Å². The predicted molar refractivity (Wildman–Crippen MR) is 73.3 cm³/mol. The number of aryl methyl sites for hydroxylation is 2. The molecule has 0 spiro atoms. The van der Waals surface area contributed by atoms with Crippen LogP contribution in [0.4, 0.5) is 0 Å². The molecule has 2 heterocycles. The highest BCUT2D eigenvalue weighted by Gasteiger charge is 2.21. The first-order valence-corrected chi connectivity index (χ1v) is 6.75. The van der Waals surface area contributed by atoms with Crippen molar-refractivity contribution in [1.29, 1.82) is 0 Å². The van der Waals surface area contributed by atoms with E-state index < -0.39 is 6.10 Å². The van der Waals surface area contributed by atoms with Crippen LogP contribution in [-0.4, -0.2) is 19.9 Å². The summed E-state index contributed by atoms with van der Waals surface area (Å²) in [5.74, 6) is 0. The maximum atomic E-state index is 10.5. The van der Waals surface area contributed by atoms with E-state index in [1.54, 1.807) is 12.4 Å². The lowest BCUT2D eigenvalue weighted by Gasteiger charge is -2.15. The summed E-state index contributed by atoms with van der Waals surface area (Å²) in [6.45, 7) is 4.81. The van der Waals surface area contributed by atoms with Crippen LogP contribution >= 0.6 is 15.9 Å². The third-order valence-electron chi connectivity index (χ3n) is 2.84. The van der Waals surface area contributed by atoms with Gasteiger partial charge in [0.1, 0.15) is 6.10 Å². The molecule has 5 heteroatoms. The Labute approximate surface area is 115 Å². The molecule has 96 valence electrons. The number of rotatable bonds is 4. The van der Waals surface area contributed by atoms with E-state index in [1.165, 1.54) is 0 Å². The maximum Gasteiger partial charge on any atom is 0.139 e. The molecule has 0 amide bonds. The first-order valence-electron chi connectivity index (χ1n) is 5.96. The second-order valence-electron chi connectivity index (χ2n) is 4.21. The van der Waals surface area contributed by atoms with Crippen LogP contribution in [-0.2, 0) is 6.54 Å². The van der Waals surface area contributed by atoms with Crippen LogP contribution in [0.15, 0.2) is 29.0 Å². The van der Waals surface area contributed by atoms with E-state index in [0.717, 1.165) is 28.7 Å². The first kappa shape index (κ1) is 13.2. The lowest BCUT2D eigenvalue weighted by atomic mass is 10.1. The summed E-state index contributed by atoms with van der Waals surface area (Å²) >= 11 is 3.44. The Bertz CT molecular complexity index is 539. The molecule has 0 radical (unpaired) electrons. The molecular weight excluding hydrogens is 294 g/mol. The SMILES string of the molecule is CCCn1ncc(Br)c1C(O)c1ncccc1C. The van der Waals surface area contributed by atoms with Crippen LogP contribution in [0.25, 0.3) is 0 Å². The molecule has 2 aromatic heterocycles. The van der Waals surface area contributed by atoms with Gasteiger partial charge in [0.2, 0.25) is 0 Å². The lowest BCUT2D eigenvalue weighted by molar-refractivity contribution is 0.201. The van der Waals surface area contributed by atoms with E-state index in [9.17, 15) is 5.11 Å². The molecule has 2 rings (SSSR count). The van der Waals surface area contributed by atoms with Gasteiger partial charge in [0.05, 0.1) is 22.1 Å². The van der Waals surface area contributed by atoms with E-state index in [0.29, 0.717) is 5.69 Å². The second kappa shape index (κ2) is 5.63. The highest BCUT2D eigenvalue weighted by atomic mass is 79.9. The first-order chi connectivity index (χ1) is 8.65. The average molecular weight is 310 g/mol. The average Bonchev–Trinajstić information content (AvgIpc) is 2.71. The van der Waals surface area contributed by atoms with Crippen molar-refractivity contribution in [1.82, 2.24) is 14.8 Å². The van der Waals surface area contributed by atoms with Crippen LogP contribution < -0.4 is 0 Å². The van der Waals surface area contributed by atoms with Crippen molar-refractivity contribution in [3.63, 3.8) is 0 Å². The standard InChI is InChI=1S/C13H16BrN3O/c1-3-7-17-12(10(14)8-16-17)13(18)11-9(2)5-4-6-15-11/h4-6,8,13,18H,3,7H2,1-2H3. The fraction of sp³-hybridized carbons (Fsp3) is 0.385. The summed E-state index contributed by atoms with van der Waals surface area (Å²) in [7, 11) is 0. The van der Waals surface area contributed by atoms with Crippen LogP contribution in [0.2, 0.25) is 0 Å². The number of aromatic nitrogens is 3. The van der Waals surface area contributed by atoms with Crippen LogP contribution in [0.3, 0.4) is 0 Å². The normalized spacial score (nSPS) is 12.7. The van der Waals surface area contributed by atoms with Gasteiger partial charge in [-0.3, -0.25) is 9.67 Å². The molecule has 1 atom stereocenters. The Morgan fingerprint density at radius 2 is 2.28 bits per heavy atom.